The van der Waals surface area contributed by atoms with Crippen molar-refractivity contribution < 1.29 is 0 Å². The summed E-state index contributed by atoms with van der Waals surface area (Å²) in [6, 6.07) is 21.4. The minimum absolute atomic E-state index is 0.477. The number of halogens is 1. The van der Waals surface area contributed by atoms with Crippen molar-refractivity contribution >= 4 is 34.3 Å². The molecule has 0 saturated heterocycles. The molecule has 0 aliphatic heterocycles. The number of aromatic nitrogens is 3. The number of hydrogen-bond donors (Lipinski definition) is 1. The van der Waals surface area contributed by atoms with E-state index in [1.807, 2.05) is 77.5 Å². The first kappa shape index (κ1) is 15.3. The van der Waals surface area contributed by atoms with Gasteiger partial charge in [-0.15, -0.1) is 0 Å². The van der Waals surface area contributed by atoms with Crippen LogP contribution >= 0.6 is 11.6 Å². The van der Waals surface area contributed by atoms with Gasteiger partial charge < -0.3 is 9.55 Å². The Labute approximate surface area is 149 Å². The van der Waals surface area contributed by atoms with E-state index < -0.39 is 0 Å². The highest BCUT2D eigenvalue weighted by atomic mass is 35.5. The number of rotatable bonds is 3. The van der Waals surface area contributed by atoms with Crippen LogP contribution in [0.15, 0.2) is 66.9 Å². The maximum Gasteiger partial charge on any atom is 0.149 e. The molecule has 0 aliphatic rings. The Morgan fingerprint density at radius 1 is 1.08 bits per heavy atom. The molecular formula is C20H13ClN4. The molecule has 2 heterocycles. The standard InChI is InChI=1S/C20H13ClN4/c21-15-7-9-16(10-8-15)25-11-3-4-17(25)12-14(13-22)20-23-18-5-1-2-6-19(18)24-20/h1-12H,(H,23,24)/b14-12+. The van der Waals surface area contributed by atoms with E-state index in [0.717, 1.165) is 22.4 Å². The van der Waals surface area contributed by atoms with Gasteiger partial charge in [0.25, 0.3) is 0 Å². The molecule has 2 aromatic heterocycles. The summed E-state index contributed by atoms with van der Waals surface area (Å²) in [4.78, 5) is 7.70. The number of nitrogens with zero attached hydrogens (tertiary/aromatic N) is 3. The first-order chi connectivity index (χ1) is 12.2. The van der Waals surface area contributed by atoms with E-state index in [9.17, 15) is 5.26 Å². The predicted octanol–water partition coefficient (Wildman–Crippen LogP) is 5.07. The third-order valence-electron chi connectivity index (χ3n) is 3.94. The fraction of sp³-hybridized carbons (Fsp3) is 0. The number of allylic oxidation sites excluding steroid dienone is 1. The smallest absolute Gasteiger partial charge is 0.149 e. The molecule has 0 atom stereocenters. The van der Waals surface area contributed by atoms with Crippen LogP contribution in [0.3, 0.4) is 0 Å². The zero-order valence-electron chi connectivity index (χ0n) is 13.1. The summed E-state index contributed by atoms with van der Waals surface area (Å²) in [6.07, 6.45) is 3.77. The summed E-state index contributed by atoms with van der Waals surface area (Å²) in [7, 11) is 0. The second-order valence-corrected chi connectivity index (χ2v) is 5.99. The molecule has 4 nitrogen and oxygen atoms in total. The van der Waals surface area contributed by atoms with Gasteiger partial charge in [-0.3, -0.25) is 0 Å². The minimum atomic E-state index is 0.477. The number of nitrogens with one attached hydrogen (secondary N) is 1. The average molecular weight is 345 g/mol. The van der Waals surface area contributed by atoms with Crippen LogP contribution in [0, 0.1) is 11.3 Å². The monoisotopic (exact) mass is 344 g/mol. The van der Waals surface area contributed by atoms with Crippen molar-refractivity contribution in [1.82, 2.24) is 14.5 Å². The van der Waals surface area contributed by atoms with Crippen LogP contribution in [0.4, 0.5) is 0 Å². The molecule has 25 heavy (non-hydrogen) atoms. The fourth-order valence-corrected chi connectivity index (χ4v) is 2.86. The number of para-hydroxylation sites is 2. The van der Waals surface area contributed by atoms with Crippen molar-refractivity contribution in [3.05, 3.63) is 83.4 Å². The van der Waals surface area contributed by atoms with Crippen molar-refractivity contribution in [3.8, 4) is 11.8 Å². The normalized spacial score (nSPS) is 11.6. The fourth-order valence-electron chi connectivity index (χ4n) is 2.73. The van der Waals surface area contributed by atoms with Crippen LogP contribution in [-0.2, 0) is 0 Å². The van der Waals surface area contributed by atoms with E-state index >= 15 is 0 Å². The summed E-state index contributed by atoms with van der Waals surface area (Å²) in [5, 5.41) is 10.3. The van der Waals surface area contributed by atoms with Crippen molar-refractivity contribution in [2.75, 3.05) is 0 Å². The van der Waals surface area contributed by atoms with Crippen LogP contribution in [0.25, 0.3) is 28.4 Å². The van der Waals surface area contributed by atoms with E-state index in [-0.39, 0.29) is 0 Å². The Balaban J connectivity index is 1.78. The van der Waals surface area contributed by atoms with Gasteiger partial charge in [0.2, 0.25) is 0 Å². The zero-order valence-corrected chi connectivity index (χ0v) is 13.9. The predicted molar refractivity (Wildman–Crippen MR) is 100 cm³/mol. The third-order valence-corrected chi connectivity index (χ3v) is 4.19. The molecule has 0 spiro atoms. The molecule has 0 unspecified atom stereocenters. The molecule has 120 valence electrons. The molecule has 2 aromatic carbocycles. The first-order valence-electron chi connectivity index (χ1n) is 7.75. The quantitative estimate of drug-likeness (QED) is 0.527. The highest BCUT2D eigenvalue weighted by Crippen LogP contribution is 2.22. The lowest BCUT2D eigenvalue weighted by molar-refractivity contribution is 1.06. The summed E-state index contributed by atoms with van der Waals surface area (Å²) in [6.45, 7) is 0. The molecule has 0 bridgehead atoms. The molecule has 5 heteroatoms. The van der Waals surface area contributed by atoms with Gasteiger partial charge in [-0.25, -0.2) is 4.98 Å². The number of aromatic amines is 1. The topological polar surface area (TPSA) is 57.4 Å². The van der Waals surface area contributed by atoms with Crippen molar-refractivity contribution in [1.29, 1.82) is 5.26 Å². The maximum atomic E-state index is 9.60. The summed E-state index contributed by atoms with van der Waals surface area (Å²) in [5.41, 5.74) is 4.09. The number of nitriles is 1. The van der Waals surface area contributed by atoms with Crippen molar-refractivity contribution in [3.63, 3.8) is 0 Å². The first-order valence-corrected chi connectivity index (χ1v) is 8.12. The van der Waals surface area contributed by atoms with Gasteiger partial charge in [0.05, 0.1) is 16.6 Å². The van der Waals surface area contributed by atoms with Gasteiger partial charge in [-0.05, 0) is 54.6 Å². The van der Waals surface area contributed by atoms with Crippen LogP contribution in [0.2, 0.25) is 5.02 Å². The second kappa shape index (κ2) is 6.31. The zero-order chi connectivity index (χ0) is 17.2. The van der Waals surface area contributed by atoms with Crippen LogP contribution in [-0.4, -0.2) is 14.5 Å². The van der Waals surface area contributed by atoms with Crippen molar-refractivity contribution in [2.24, 2.45) is 0 Å². The number of H-pyrrole nitrogens is 1. The summed E-state index contributed by atoms with van der Waals surface area (Å²) >= 11 is 5.96. The van der Waals surface area contributed by atoms with E-state index in [0.29, 0.717) is 16.4 Å². The Bertz CT molecular complexity index is 1080. The van der Waals surface area contributed by atoms with E-state index in [1.165, 1.54) is 0 Å². The van der Waals surface area contributed by atoms with Gasteiger partial charge in [0, 0.05) is 22.6 Å². The van der Waals surface area contributed by atoms with Crippen molar-refractivity contribution in [2.45, 2.75) is 0 Å². The average Bonchev–Trinajstić information content (AvgIpc) is 3.26. The molecule has 4 aromatic rings. The molecule has 0 saturated carbocycles. The van der Waals surface area contributed by atoms with Crippen LogP contribution in [0.5, 0.6) is 0 Å². The third kappa shape index (κ3) is 2.93. The van der Waals surface area contributed by atoms with Crippen LogP contribution < -0.4 is 0 Å². The lowest BCUT2D eigenvalue weighted by Crippen LogP contribution is -1.95. The Hall–Kier alpha value is -3.29. The Kier molecular flexibility index (Phi) is 3.85. The molecule has 0 fully saturated rings. The lowest BCUT2D eigenvalue weighted by Gasteiger charge is -2.07. The van der Waals surface area contributed by atoms with E-state index in [4.69, 9.17) is 11.6 Å². The minimum Gasteiger partial charge on any atom is -0.337 e. The van der Waals surface area contributed by atoms with Crippen LogP contribution in [0.1, 0.15) is 11.5 Å². The largest absolute Gasteiger partial charge is 0.337 e. The Morgan fingerprint density at radius 3 is 2.64 bits per heavy atom. The van der Waals surface area contributed by atoms with E-state index in [2.05, 4.69) is 16.0 Å². The van der Waals surface area contributed by atoms with Gasteiger partial charge >= 0.3 is 0 Å². The molecular weight excluding hydrogens is 332 g/mol. The van der Waals surface area contributed by atoms with E-state index in [1.54, 1.807) is 0 Å². The SMILES string of the molecule is N#C/C(=C\c1cccn1-c1ccc(Cl)cc1)c1nc2ccccc2[nH]1. The van der Waals surface area contributed by atoms with Gasteiger partial charge in [-0.1, -0.05) is 23.7 Å². The molecule has 0 amide bonds. The van der Waals surface area contributed by atoms with Gasteiger partial charge in [0.15, 0.2) is 0 Å². The molecule has 0 aliphatic carbocycles. The number of fused-ring (bicyclic) bond motifs is 1. The summed E-state index contributed by atoms with van der Waals surface area (Å²) < 4.78 is 2.00. The highest BCUT2D eigenvalue weighted by Gasteiger charge is 2.09. The maximum absolute atomic E-state index is 9.60. The molecule has 1 N–H and O–H groups in total. The number of benzene rings is 2. The highest BCUT2D eigenvalue weighted by molar-refractivity contribution is 6.30. The molecule has 0 radical (unpaired) electrons. The lowest BCUT2D eigenvalue weighted by atomic mass is 10.2. The Morgan fingerprint density at radius 2 is 1.88 bits per heavy atom. The van der Waals surface area contributed by atoms with Gasteiger partial charge in [-0.2, -0.15) is 5.26 Å². The van der Waals surface area contributed by atoms with Gasteiger partial charge in [0.1, 0.15) is 11.9 Å². The number of hydrogen-bond acceptors (Lipinski definition) is 2. The second-order valence-electron chi connectivity index (χ2n) is 5.55. The number of imidazole rings is 1. The molecule has 4 rings (SSSR count). The summed E-state index contributed by atoms with van der Waals surface area (Å²) in [5.74, 6) is 0.563.